The van der Waals surface area contributed by atoms with Crippen LogP contribution in [0.1, 0.15) is 24.8 Å². The van der Waals surface area contributed by atoms with Crippen molar-refractivity contribution in [2.24, 2.45) is 5.92 Å². The quantitative estimate of drug-likeness (QED) is 0.859. The van der Waals surface area contributed by atoms with E-state index in [2.05, 4.69) is 5.32 Å². The normalized spacial score (nSPS) is 15.4. The topological polar surface area (TPSA) is 29.1 Å². The van der Waals surface area contributed by atoms with E-state index < -0.39 is 11.6 Å². The van der Waals surface area contributed by atoms with Gasteiger partial charge in [-0.15, -0.1) is 0 Å². The van der Waals surface area contributed by atoms with Crippen LogP contribution in [0, 0.1) is 17.6 Å². The Labute approximate surface area is 99.0 Å². The maximum Gasteiger partial charge on any atom is 0.223 e. The number of hydrogen-bond acceptors (Lipinski definition) is 1. The van der Waals surface area contributed by atoms with Gasteiger partial charge in [0.15, 0.2) is 11.6 Å². The lowest BCUT2D eigenvalue weighted by atomic mass is 9.85. The molecule has 0 radical (unpaired) electrons. The van der Waals surface area contributed by atoms with Gasteiger partial charge >= 0.3 is 0 Å². The van der Waals surface area contributed by atoms with Crippen LogP contribution >= 0.6 is 0 Å². The van der Waals surface area contributed by atoms with Gasteiger partial charge in [-0.2, -0.15) is 0 Å². The molecule has 0 aliphatic heterocycles. The Morgan fingerprint density at radius 1 is 1.29 bits per heavy atom. The third-order valence-electron chi connectivity index (χ3n) is 3.17. The molecule has 1 amide bonds. The summed E-state index contributed by atoms with van der Waals surface area (Å²) >= 11 is 0. The first-order chi connectivity index (χ1) is 8.16. The molecule has 1 fully saturated rings. The second kappa shape index (κ2) is 5.25. The lowest BCUT2D eigenvalue weighted by Gasteiger charge is -2.24. The molecule has 1 aromatic rings. The molecule has 0 unspecified atom stereocenters. The molecule has 2 nitrogen and oxygen atoms in total. The van der Waals surface area contributed by atoms with E-state index in [4.69, 9.17) is 0 Å². The number of nitrogens with one attached hydrogen (secondary N) is 1. The highest BCUT2D eigenvalue weighted by Crippen LogP contribution is 2.26. The summed E-state index contributed by atoms with van der Waals surface area (Å²) in [6.07, 6.45) is 3.59. The summed E-state index contributed by atoms with van der Waals surface area (Å²) in [5, 5.41) is 2.81. The molecule has 17 heavy (non-hydrogen) atoms. The van der Waals surface area contributed by atoms with Crippen molar-refractivity contribution in [3.63, 3.8) is 0 Å². The van der Waals surface area contributed by atoms with Crippen molar-refractivity contribution in [1.82, 2.24) is 5.32 Å². The van der Waals surface area contributed by atoms with Gasteiger partial charge in [0.1, 0.15) is 0 Å². The fourth-order valence-corrected chi connectivity index (χ4v) is 1.84. The van der Waals surface area contributed by atoms with Gasteiger partial charge in [-0.25, -0.2) is 8.78 Å². The van der Waals surface area contributed by atoms with Gasteiger partial charge in [-0.1, -0.05) is 12.5 Å². The van der Waals surface area contributed by atoms with E-state index in [1.54, 1.807) is 0 Å². The van der Waals surface area contributed by atoms with Crippen LogP contribution in [0.15, 0.2) is 18.2 Å². The molecule has 1 aromatic carbocycles. The number of amides is 1. The molecule has 92 valence electrons. The summed E-state index contributed by atoms with van der Waals surface area (Å²) in [5.41, 5.74) is 0.692. The zero-order chi connectivity index (χ0) is 12.3. The molecule has 1 aliphatic rings. The van der Waals surface area contributed by atoms with E-state index in [1.807, 2.05) is 0 Å². The van der Waals surface area contributed by atoms with Crippen molar-refractivity contribution in [1.29, 1.82) is 0 Å². The standard InChI is InChI=1S/C13H15F2NO/c14-11-5-4-9(8-12(11)15)6-7-16-13(17)10-2-1-3-10/h4-5,8,10H,1-3,6-7H2,(H,16,17). The summed E-state index contributed by atoms with van der Waals surface area (Å²) in [6, 6.07) is 3.82. The minimum Gasteiger partial charge on any atom is -0.356 e. The number of carbonyl (C=O) groups excluding carboxylic acids is 1. The second-order valence-corrected chi connectivity index (χ2v) is 4.42. The van der Waals surface area contributed by atoms with Crippen LogP contribution in [0.2, 0.25) is 0 Å². The molecule has 4 heteroatoms. The van der Waals surface area contributed by atoms with Crippen LogP contribution < -0.4 is 5.32 Å². The maximum atomic E-state index is 12.9. The Morgan fingerprint density at radius 3 is 2.65 bits per heavy atom. The molecule has 1 saturated carbocycles. The van der Waals surface area contributed by atoms with E-state index in [-0.39, 0.29) is 11.8 Å². The number of benzene rings is 1. The molecule has 0 aromatic heterocycles. The molecule has 2 rings (SSSR count). The Kier molecular flexibility index (Phi) is 3.71. The molecule has 0 spiro atoms. The van der Waals surface area contributed by atoms with Crippen LogP contribution in [-0.4, -0.2) is 12.5 Å². The van der Waals surface area contributed by atoms with Crippen LogP contribution in [0.25, 0.3) is 0 Å². The smallest absolute Gasteiger partial charge is 0.223 e. The van der Waals surface area contributed by atoms with Gasteiger partial charge in [-0.05, 0) is 37.0 Å². The molecule has 0 saturated heterocycles. The minimum atomic E-state index is -0.841. The SMILES string of the molecule is O=C(NCCc1ccc(F)c(F)c1)C1CCC1. The first kappa shape index (κ1) is 12.0. The summed E-state index contributed by atoms with van der Waals surface area (Å²) in [4.78, 5) is 11.5. The lowest BCUT2D eigenvalue weighted by molar-refractivity contribution is -0.127. The van der Waals surface area contributed by atoms with Crippen LogP contribution in [-0.2, 0) is 11.2 Å². The number of rotatable bonds is 4. The Balaban J connectivity index is 1.77. The molecule has 0 atom stereocenters. The van der Waals surface area contributed by atoms with Crippen molar-refractivity contribution >= 4 is 5.91 Å². The zero-order valence-electron chi connectivity index (χ0n) is 9.51. The Morgan fingerprint density at radius 2 is 2.06 bits per heavy atom. The summed E-state index contributed by atoms with van der Waals surface area (Å²) < 4.78 is 25.6. The van der Waals surface area contributed by atoms with E-state index in [0.717, 1.165) is 25.3 Å². The molecule has 1 N–H and O–H groups in total. The van der Waals surface area contributed by atoms with Crippen molar-refractivity contribution in [2.45, 2.75) is 25.7 Å². The first-order valence-corrected chi connectivity index (χ1v) is 5.88. The number of carbonyl (C=O) groups is 1. The zero-order valence-corrected chi connectivity index (χ0v) is 9.51. The molecule has 1 aliphatic carbocycles. The maximum absolute atomic E-state index is 12.9. The largest absolute Gasteiger partial charge is 0.356 e. The number of halogens is 2. The number of hydrogen-bond donors (Lipinski definition) is 1. The highest BCUT2D eigenvalue weighted by atomic mass is 19.2. The van der Waals surface area contributed by atoms with Gasteiger partial charge in [0.25, 0.3) is 0 Å². The molecular weight excluding hydrogens is 224 g/mol. The summed E-state index contributed by atoms with van der Waals surface area (Å²) in [6.45, 7) is 0.473. The Bertz CT molecular complexity index is 416. The fourth-order valence-electron chi connectivity index (χ4n) is 1.84. The molecule has 0 heterocycles. The fraction of sp³-hybridized carbons (Fsp3) is 0.462. The van der Waals surface area contributed by atoms with Crippen molar-refractivity contribution in [3.8, 4) is 0 Å². The third kappa shape index (κ3) is 3.02. The lowest BCUT2D eigenvalue weighted by Crippen LogP contribution is -2.35. The van der Waals surface area contributed by atoms with Gasteiger partial charge in [0.05, 0.1) is 0 Å². The van der Waals surface area contributed by atoms with E-state index in [9.17, 15) is 13.6 Å². The predicted molar refractivity (Wildman–Crippen MR) is 60.4 cm³/mol. The Hall–Kier alpha value is -1.45. The predicted octanol–water partition coefficient (Wildman–Crippen LogP) is 2.42. The molecular formula is C13H15F2NO. The van der Waals surface area contributed by atoms with Gasteiger partial charge < -0.3 is 5.32 Å². The highest BCUT2D eigenvalue weighted by Gasteiger charge is 2.24. The van der Waals surface area contributed by atoms with Crippen LogP contribution in [0.5, 0.6) is 0 Å². The van der Waals surface area contributed by atoms with Gasteiger partial charge in [0, 0.05) is 12.5 Å². The highest BCUT2D eigenvalue weighted by molar-refractivity contribution is 5.79. The third-order valence-corrected chi connectivity index (χ3v) is 3.17. The average Bonchev–Trinajstić information content (AvgIpc) is 2.21. The summed E-state index contributed by atoms with van der Waals surface area (Å²) in [5.74, 6) is -1.43. The van der Waals surface area contributed by atoms with E-state index in [0.29, 0.717) is 18.5 Å². The molecule has 0 bridgehead atoms. The van der Waals surface area contributed by atoms with Crippen molar-refractivity contribution in [2.75, 3.05) is 6.54 Å². The van der Waals surface area contributed by atoms with Crippen molar-refractivity contribution < 1.29 is 13.6 Å². The van der Waals surface area contributed by atoms with E-state index in [1.165, 1.54) is 12.1 Å². The average molecular weight is 239 g/mol. The minimum absolute atomic E-state index is 0.0823. The van der Waals surface area contributed by atoms with Crippen LogP contribution in [0.3, 0.4) is 0 Å². The first-order valence-electron chi connectivity index (χ1n) is 5.88. The monoisotopic (exact) mass is 239 g/mol. The second-order valence-electron chi connectivity index (χ2n) is 4.42. The van der Waals surface area contributed by atoms with Crippen molar-refractivity contribution in [3.05, 3.63) is 35.4 Å². The van der Waals surface area contributed by atoms with Gasteiger partial charge in [-0.3, -0.25) is 4.79 Å². The van der Waals surface area contributed by atoms with Gasteiger partial charge in [0.2, 0.25) is 5.91 Å². The van der Waals surface area contributed by atoms with Crippen LogP contribution in [0.4, 0.5) is 8.78 Å². The summed E-state index contributed by atoms with van der Waals surface area (Å²) in [7, 11) is 0. The van der Waals surface area contributed by atoms with E-state index >= 15 is 0 Å².